The minimum absolute atomic E-state index is 0.0155. The van der Waals surface area contributed by atoms with Crippen molar-refractivity contribution in [1.82, 2.24) is 4.98 Å². The second-order valence-corrected chi connectivity index (χ2v) is 5.78. The summed E-state index contributed by atoms with van der Waals surface area (Å²) >= 11 is 0.910. The van der Waals surface area contributed by atoms with Crippen molar-refractivity contribution in [2.24, 2.45) is 0 Å². The number of hydrogen-bond acceptors (Lipinski definition) is 8. The van der Waals surface area contributed by atoms with Gasteiger partial charge in [-0.2, -0.15) is 0 Å². The monoisotopic (exact) mass is 357 g/mol. The Morgan fingerprint density at radius 3 is 2.83 bits per heavy atom. The van der Waals surface area contributed by atoms with Gasteiger partial charge in [-0.05, 0) is 6.92 Å². The van der Waals surface area contributed by atoms with Gasteiger partial charge in [-0.3, -0.25) is 10.1 Å². The third-order valence-corrected chi connectivity index (χ3v) is 4.27. The van der Waals surface area contributed by atoms with E-state index in [1.54, 1.807) is 13.0 Å². The number of ether oxygens (including phenoxy) is 1. The molecule has 0 unspecified atom stereocenters. The fraction of sp³-hybridized carbons (Fsp3) is 0.167. The molecule has 0 bridgehead atoms. The van der Waals surface area contributed by atoms with E-state index in [0.717, 1.165) is 11.3 Å². The molecule has 0 spiro atoms. The number of carbonyl (C=O) groups is 1. The summed E-state index contributed by atoms with van der Waals surface area (Å²) in [6, 6.07) is 5.72. The van der Waals surface area contributed by atoms with E-state index in [9.17, 15) is 23.3 Å². The summed E-state index contributed by atoms with van der Waals surface area (Å²) < 4.78 is 27.6. The number of thiol groups is 1. The van der Waals surface area contributed by atoms with E-state index in [4.69, 9.17) is 0 Å². The van der Waals surface area contributed by atoms with Crippen LogP contribution in [-0.2, 0) is 15.6 Å². The van der Waals surface area contributed by atoms with Crippen LogP contribution in [0, 0.1) is 10.1 Å². The number of nitro benzene ring substituents is 1. The number of anilines is 1. The quantitative estimate of drug-likeness (QED) is 0.495. The maximum atomic E-state index is 11.7. The van der Waals surface area contributed by atoms with Crippen molar-refractivity contribution >= 4 is 39.1 Å². The lowest BCUT2D eigenvalue weighted by atomic mass is 10.1. The Kier molecular flexibility index (Phi) is 5.24. The van der Waals surface area contributed by atoms with Gasteiger partial charge in [0.05, 0.1) is 17.2 Å². The smallest absolute Gasteiger partial charge is 0.430 e. The van der Waals surface area contributed by atoms with Gasteiger partial charge in [0.2, 0.25) is 16.0 Å². The molecule has 1 amide bonds. The Hall–Kier alpha value is -2.53. The topological polar surface area (TPSA) is 120 Å². The standard InChI is InChI=1S/C12H11N3O6S2/c1-2-21-12(16)14(23(19)20)11-13-10(7-22-11)8-4-3-5-9(6-8)15(17)18/h3-7,23H,2H2,1H3. The molecule has 1 aromatic carbocycles. The van der Waals surface area contributed by atoms with E-state index in [1.807, 2.05) is 0 Å². The third kappa shape index (κ3) is 3.81. The second-order valence-electron chi connectivity index (χ2n) is 4.07. The lowest BCUT2D eigenvalue weighted by Crippen LogP contribution is -2.29. The summed E-state index contributed by atoms with van der Waals surface area (Å²) in [6.45, 7) is 1.56. The van der Waals surface area contributed by atoms with Gasteiger partial charge in [0.1, 0.15) is 0 Å². The summed E-state index contributed by atoms with van der Waals surface area (Å²) in [5, 5.41) is 12.2. The first-order chi connectivity index (χ1) is 10.9. The molecule has 0 saturated carbocycles. The van der Waals surface area contributed by atoms with Crippen molar-refractivity contribution in [3.05, 3.63) is 39.8 Å². The zero-order valence-electron chi connectivity index (χ0n) is 11.7. The number of thiazole rings is 1. The van der Waals surface area contributed by atoms with E-state index < -0.39 is 21.9 Å². The molecule has 122 valence electrons. The second kappa shape index (κ2) is 7.15. The lowest BCUT2D eigenvalue weighted by Gasteiger charge is -2.11. The maximum Gasteiger partial charge on any atom is 0.430 e. The fourth-order valence-corrected chi connectivity index (χ4v) is 3.12. The number of nitro groups is 1. The highest BCUT2D eigenvalue weighted by atomic mass is 32.2. The molecule has 0 N–H and O–H groups in total. The molecular weight excluding hydrogens is 346 g/mol. The molecule has 1 aromatic heterocycles. The SMILES string of the molecule is CCOC(=O)N(c1nc(-c2cccc([N+](=O)[O-])c2)cs1)[SH](=O)=O. The number of rotatable bonds is 5. The van der Waals surface area contributed by atoms with E-state index >= 15 is 0 Å². The summed E-state index contributed by atoms with van der Waals surface area (Å²) in [6.07, 6.45) is -1.05. The van der Waals surface area contributed by atoms with E-state index in [-0.39, 0.29) is 17.4 Å². The highest BCUT2D eigenvalue weighted by Gasteiger charge is 2.23. The Balaban J connectivity index is 2.37. The highest BCUT2D eigenvalue weighted by Crippen LogP contribution is 2.29. The van der Waals surface area contributed by atoms with Crippen molar-refractivity contribution in [3.8, 4) is 11.3 Å². The van der Waals surface area contributed by atoms with E-state index in [1.165, 1.54) is 23.6 Å². The van der Waals surface area contributed by atoms with Crippen molar-refractivity contribution in [3.63, 3.8) is 0 Å². The van der Waals surface area contributed by atoms with Gasteiger partial charge in [0.15, 0.2) is 0 Å². The van der Waals surface area contributed by atoms with Crippen molar-refractivity contribution < 1.29 is 22.9 Å². The van der Waals surface area contributed by atoms with Crippen LogP contribution >= 0.6 is 11.3 Å². The molecule has 1 heterocycles. The van der Waals surface area contributed by atoms with Crippen LogP contribution in [0.25, 0.3) is 11.3 Å². The highest BCUT2D eigenvalue weighted by molar-refractivity contribution is 7.75. The summed E-state index contributed by atoms with van der Waals surface area (Å²) in [7, 11) is -3.26. The lowest BCUT2D eigenvalue weighted by molar-refractivity contribution is -0.384. The maximum absolute atomic E-state index is 11.7. The van der Waals surface area contributed by atoms with Crippen LogP contribution in [0.2, 0.25) is 0 Å². The molecule has 23 heavy (non-hydrogen) atoms. The summed E-state index contributed by atoms with van der Waals surface area (Å²) in [4.78, 5) is 26.0. The van der Waals surface area contributed by atoms with Crippen LogP contribution in [0.4, 0.5) is 15.6 Å². The normalized spacial score (nSPS) is 10.5. The molecule has 0 aliphatic heterocycles. The van der Waals surface area contributed by atoms with Crippen LogP contribution in [0.1, 0.15) is 6.92 Å². The van der Waals surface area contributed by atoms with Gasteiger partial charge in [-0.25, -0.2) is 18.2 Å². The number of aromatic nitrogens is 1. The minimum atomic E-state index is -3.26. The predicted octanol–water partition coefficient (Wildman–Crippen LogP) is 2.21. The molecule has 0 aliphatic rings. The molecule has 11 heteroatoms. The van der Waals surface area contributed by atoms with Crippen LogP contribution in [0.5, 0.6) is 0 Å². The van der Waals surface area contributed by atoms with Crippen LogP contribution in [-0.4, -0.2) is 31.0 Å². The first-order valence-corrected chi connectivity index (χ1v) is 8.26. The molecule has 2 rings (SSSR count). The average Bonchev–Trinajstić information content (AvgIpc) is 2.97. The van der Waals surface area contributed by atoms with E-state index in [2.05, 4.69) is 9.72 Å². The molecule has 0 atom stereocenters. The van der Waals surface area contributed by atoms with Gasteiger partial charge in [0.25, 0.3) is 5.69 Å². The Bertz CT molecular complexity index is 809. The number of hydrogen-bond donors (Lipinski definition) is 1. The molecule has 0 saturated heterocycles. The van der Waals surface area contributed by atoms with Gasteiger partial charge >= 0.3 is 6.09 Å². The number of amides is 1. The first kappa shape index (κ1) is 16.8. The first-order valence-electron chi connectivity index (χ1n) is 6.25. The number of nitrogens with zero attached hydrogens (tertiary/aromatic N) is 3. The van der Waals surface area contributed by atoms with Gasteiger partial charge in [-0.15, -0.1) is 15.6 Å². The van der Waals surface area contributed by atoms with Gasteiger partial charge < -0.3 is 4.74 Å². The molecular formula is C12H11N3O6S2. The fourth-order valence-electron chi connectivity index (χ4n) is 1.67. The summed E-state index contributed by atoms with van der Waals surface area (Å²) in [5.41, 5.74) is 0.640. The molecule has 0 radical (unpaired) electrons. The summed E-state index contributed by atoms with van der Waals surface area (Å²) in [5.74, 6) is 0. The zero-order chi connectivity index (χ0) is 17.0. The third-order valence-electron chi connectivity index (χ3n) is 2.63. The molecule has 2 aromatic rings. The van der Waals surface area contributed by atoms with Crippen LogP contribution < -0.4 is 4.31 Å². The van der Waals surface area contributed by atoms with Crippen LogP contribution in [0.3, 0.4) is 0 Å². The molecule has 9 nitrogen and oxygen atoms in total. The number of benzene rings is 1. The van der Waals surface area contributed by atoms with Crippen molar-refractivity contribution in [1.29, 1.82) is 0 Å². The largest absolute Gasteiger partial charge is 0.449 e. The Morgan fingerprint density at radius 2 is 2.22 bits per heavy atom. The van der Waals surface area contributed by atoms with Crippen molar-refractivity contribution in [2.45, 2.75) is 6.92 Å². The zero-order valence-corrected chi connectivity index (χ0v) is 13.5. The van der Waals surface area contributed by atoms with E-state index in [0.29, 0.717) is 15.6 Å². The van der Waals surface area contributed by atoms with Crippen LogP contribution in [0.15, 0.2) is 29.6 Å². The van der Waals surface area contributed by atoms with Crippen molar-refractivity contribution in [2.75, 3.05) is 10.9 Å². The predicted molar refractivity (Wildman–Crippen MR) is 84.0 cm³/mol. The number of carbonyl (C=O) groups excluding carboxylic acids is 1. The van der Waals surface area contributed by atoms with Gasteiger partial charge in [0, 0.05) is 23.1 Å². The average molecular weight is 357 g/mol. The Morgan fingerprint density at radius 1 is 1.48 bits per heavy atom. The number of non-ortho nitro benzene ring substituents is 1. The molecule has 0 aliphatic carbocycles. The van der Waals surface area contributed by atoms with Gasteiger partial charge in [-0.1, -0.05) is 12.1 Å². The Labute approximate surface area is 136 Å². The molecule has 0 fully saturated rings. The minimum Gasteiger partial charge on any atom is -0.449 e.